The molecule has 3 aromatic carbocycles. The molecule has 0 amide bonds. The molecule has 0 unspecified atom stereocenters. The van der Waals surface area contributed by atoms with Crippen LogP contribution in [-0.4, -0.2) is 33.3 Å². The minimum absolute atomic E-state index is 0.0504. The molecule has 216 valence electrons. The molecule has 1 atom stereocenters. The molecule has 0 radical (unpaired) electrons. The van der Waals surface area contributed by atoms with Crippen molar-refractivity contribution in [1.82, 2.24) is 9.55 Å². The molecule has 0 fully saturated rings. The SMILES string of the molecule is CCCCCCCOc1ccc(-n2cnc(-c3ccc(C[C@H](Nc4ccc(C(C)(C)C)cc4)C(=O)O)cc3)c2)cc1. The Bertz CT molecular complexity index is 1370. The lowest BCUT2D eigenvalue weighted by Gasteiger charge is -2.20. The van der Waals surface area contributed by atoms with Crippen molar-refractivity contribution in [2.75, 3.05) is 11.9 Å². The van der Waals surface area contributed by atoms with Gasteiger partial charge in [0.2, 0.25) is 0 Å². The van der Waals surface area contributed by atoms with Crippen LogP contribution in [0.25, 0.3) is 16.9 Å². The summed E-state index contributed by atoms with van der Waals surface area (Å²) in [6.07, 6.45) is 10.3. The fourth-order valence-corrected chi connectivity index (χ4v) is 4.74. The van der Waals surface area contributed by atoms with Gasteiger partial charge >= 0.3 is 5.97 Å². The average Bonchev–Trinajstić information content (AvgIpc) is 3.45. The first kappa shape index (κ1) is 29.9. The third-order valence-corrected chi connectivity index (χ3v) is 7.31. The Hall–Kier alpha value is -4.06. The second-order valence-electron chi connectivity index (χ2n) is 11.7. The van der Waals surface area contributed by atoms with Gasteiger partial charge in [-0.05, 0) is 59.4 Å². The minimum atomic E-state index is -0.879. The zero-order valence-electron chi connectivity index (χ0n) is 24.8. The number of aliphatic carboxylic acids is 1. The lowest BCUT2D eigenvalue weighted by atomic mass is 9.87. The number of aromatic nitrogens is 2. The van der Waals surface area contributed by atoms with E-state index in [1.807, 2.05) is 89.9 Å². The Morgan fingerprint density at radius 2 is 1.61 bits per heavy atom. The number of unbranched alkanes of at least 4 members (excludes halogenated alkanes) is 4. The lowest BCUT2D eigenvalue weighted by Crippen LogP contribution is -2.31. The van der Waals surface area contributed by atoms with Crippen molar-refractivity contribution in [2.24, 2.45) is 0 Å². The molecule has 6 heteroatoms. The van der Waals surface area contributed by atoms with Gasteiger partial charge in [0.25, 0.3) is 0 Å². The maximum Gasteiger partial charge on any atom is 0.326 e. The van der Waals surface area contributed by atoms with Crippen molar-refractivity contribution in [3.05, 3.63) is 96.4 Å². The molecule has 0 aliphatic carbocycles. The van der Waals surface area contributed by atoms with Gasteiger partial charge in [-0.3, -0.25) is 0 Å². The average molecular weight is 554 g/mol. The topological polar surface area (TPSA) is 76.4 Å². The quantitative estimate of drug-likeness (QED) is 0.154. The summed E-state index contributed by atoms with van der Waals surface area (Å²) in [7, 11) is 0. The molecule has 41 heavy (non-hydrogen) atoms. The van der Waals surface area contributed by atoms with E-state index in [9.17, 15) is 9.90 Å². The molecule has 1 aromatic heterocycles. The van der Waals surface area contributed by atoms with Gasteiger partial charge in [-0.15, -0.1) is 0 Å². The number of benzene rings is 3. The van der Waals surface area contributed by atoms with Crippen LogP contribution < -0.4 is 10.1 Å². The summed E-state index contributed by atoms with van der Waals surface area (Å²) in [5.41, 5.74) is 5.86. The van der Waals surface area contributed by atoms with Crippen LogP contribution in [0.4, 0.5) is 5.69 Å². The molecule has 0 aliphatic rings. The van der Waals surface area contributed by atoms with Crippen LogP contribution in [0.3, 0.4) is 0 Å². The molecule has 0 saturated heterocycles. The van der Waals surface area contributed by atoms with Crippen LogP contribution in [0.1, 0.15) is 70.9 Å². The molecular formula is C35H43N3O3. The Balaban J connectivity index is 1.33. The number of rotatable bonds is 14. The number of nitrogens with zero attached hydrogens (tertiary/aromatic N) is 2. The number of hydrogen-bond acceptors (Lipinski definition) is 4. The first-order valence-corrected chi connectivity index (χ1v) is 14.7. The summed E-state index contributed by atoms with van der Waals surface area (Å²) in [6.45, 7) is 9.46. The Kier molecular flexibility index (Phi) is 10.2. The van der Waals surface area contributed by atoms with E-state index in [1.165, 1.54) is 31.2 Å². The molecule has 4 aromatic rings. The number of nitrogens with one attached hydrogen (secondary N) is 1. The first-order chi connectivity index (χ1) is 19.7. The predicted octanol–water partition coefficient (Wildman–Crippen LogP) is 8.29. The van der Waals surface area contributed by atoms with E-state index in [4.69, 9.17) is 4.74 Å². The Labute approximate surface area is 244 Å². The summed E-state index contributed by atoms with van der Waals surface area (Å²) in [5.74, 6) is 0.00681. The summed E-state index contributed by atoms with van der Waals surface area (Å²) >= 11 is 0. The van der Waals surface area contributed by atoms with Gasteiger partial charge in [-0.25, -0.2) is 9.78 Å². The molecule has 6 nitrogen and oxygen atoms in total. The third-order valence-electron chi connectivity index (χ3n) is 7.31. The number of ether oxygens (including phenoxy) is 1. The number of carboxylic acid groups (broad SMARTS) is 1. The van der Waals surface area contributed by atoms with E-state index >= 15 is 0 Å². The highest BCUT2D eigenvalue weighted by Gasteiger charge is 2.19. The normalized spacial score (nSPS) is 12.2. The van der Waals surface area contributed by atoms with E-state index < -0.39 is 12.0 Å². The van der Waals surface area contributed by atoms with E-state index in [2.05, 4.69) is 38.0 Å². The first-order valence-electron chi connectivity index (χ1n) is 14.7. The van der Waals surface area contributed by atoms with Crippen molar-refractivity contribution in [3.8, 4) is 22.7 Å². The number of imidazole rings is 1. The van der Waals surface area contributed by atoms with Crippen molar-refractivity contribution >= 4 is 11.7 Å². The van der Waals surface area contributed by atoms with Gasteiger partial charge in [-0.1, -0.05) is 89.8 Å². The fraction of sp³-hybridized carbons (Fsp3) is 0.371. The number of carbonyl (C=O) groups is 1. The Morgan fingerprint density at radius 1 is 0.927 bits per heavy atom. The van der Waals surface area contributed by atoms with E-state index in [0.29, 0.717) is 6.42 Å². The molecule has 0 spiro atoms. The van der Waals surface area contributed by atoms with Crippen molar-refractivity contribution in [2.45, 2.75) is 77.7 Å². The van der Waals surface area contributed by atoms with E-state index in [1.54, 1.807) is 0 Å². The molecule has 0 aliphatic heterocycles. The van der Waals surface area contributed by atoms with Crippen molar-refractivity contribution < 1.29 is 14.6 Å². The van der Waals surface area contributed by atoms with Crippen LogP contribution in [0.15, 0.2) is 85.3 Å². The second kappa shape index (κ2) is 14.0. The third kappa shape index (κ3) is 8.71. The van der Waals surface area contributed by atoms with Gasteiger partial charge in [0, 0.05) is 29.6 Å². The van der Waals surface area contributed by atoms with E-state index in [0.717, 1.165) is 47.0 Å². The van der Waals surface area contributed by atoms with Gasteiger partial charge in [0.1, 0.15) is 11.8 Å². The second-order valence-corrected chi connectivity index (χ2v) is 11.7. The molecular weight excluding hydrogens is 510 g/mol. The maximum absolute atomic E-state index is 12.0. The summed E-state index contributed by atoms with van der Waals surface area (Å²) in [5, 5.41) is 13.0. The van der Waals surface area contributed by atoms with Crippen LogP contribution in [0, 0.1) is 0 Å². The zero-order chi connectivity index (χ0) is 29.2. The molecule has 1 heterocycles. The molecule has 0 saturated carbocycles. The van der Waals surface area contributed by atoms with Crippen molar-refractivity contribution in [3.63, 3.8) is 0 Å². The molecule has 2 N–H and O–H groups in total. The van der Waals surface area contributed by atoms with Crippen LogP contribution in [0.5, 0.6) is 5.75 Å². The Morgan fingerprint density at radius 3 is 2.24 bits per heavy atom. The maximum atomic E-state index is 12.0. The largest absolute Gasteiger partial charge is 0.494 e. The smallest absolute Gasteiger partial charge is 0.326 e. The van der Waals surface area contributed by atoms with Crippen molar-refractivity contribution in [1.29, 1.82) is 0 Å². The highest BCUT2D eigenvalue weighted by atomic mass is 16.5. The monoisotopic (exact) mass is 553 g/mol. The molecule has 0 bridgehead atoms. The standard InChI is InChI=1S/C35H43N3O3/c1-5-6-7-8-9-22-41-31-20-18-30(19-21-31)38-24-33(36-25-38)27-12-10-26(11-13-27)23-32(34(39)40)37-29-16-14-28(15-17-29)35(2,3)4/h10-21,24-25,32,37H,5-9,22-23H2,1-4H3,(H,39,40)/t32-/m0/s1. The highest BCUT2D eigenvalue weighted by Crippen LogP contribution is 2.25. The number of carboxylic acids is 1. The van der Waals surface area contributed by atoms with Gasteiger partial charge in [0.05, 0.1) is 18.6 Å². The van der Waals surface area contributed by atoms with E-state index in [-0.39, 0.29) is 5.41 Å². The van der Waals surface area contributed by atoms with Gasteiger partial charge < -0.3 is 19.7 Å². The summed E-state index contributed by atoms with van der Waals surface area (Å²) in [4.78, 5) is 16.6. The van der Waals surface area contributed by atoms with Crippen LogP contribution in [0.2, 0.25) is 0 Å². The van der Waals surface area contributed by atoms with Crippen LogP contribution in [-0.2, 0) is 16.6 Å². The number of anilines is 1. The summed E-state index contributed by atoms with van der Waals surface area (Å²) < 4.78 is 7.88. The molecule has 4 rings (SSSR count). The number of hydrogen-bond donors (Lipinski definition) is 2. The summed E-state index contributed by atoms with van der Waals surface area (Å²) in [6, 6.07) is 23.3. The highest BCUT2D eigenvalue weighted by molar-refractivity contribution is 5.78. The predicted molar refractivity (Wildman–Crippen MR) is 167 cm³/mol. The van der Waals surface area contributed by atoms with Gasteiger partial charge in [0.15, 0.2) is 0 Å². The van der Waals surface area contributed by atoms with Gasteiger partial charge in [-0.2, -0.15) is 0 Å². The van der Waals surface area contributed by atoms with Crippen LogP contribution >= 0.6 is 0 Å². The fourth-order valence-electron chi connectivity index (χ4n) is 4.74. The zero-order valence-corrected chi connectivity index (χ0v) is 24.8. The minimum Gasteiger partial charge on any atom is -0.494 e. The lowest BCUT2D eigenvalue weighted by molar-refractivity contribution is -0.137.